The van der Waals surface area contributed by atoms with Gasteiger partial charge in [0.25, 0.3) is 0 Å². The van der Waals surface area contributed by atoms with Gasteiger partial charge >= 0.3 is 151 Å². The van der Waals surface area contributed by atoms with E-state index >= 15 is 0 Å². The van der Waals surface area contributed by atoms with Crippen LogP contribution in [0.25, 0.3) is 6.08 Å². The van der Waals surface area contributed by atoms with E-state index in [1.165, 1.54) is 22.3 Å². The van der Waals surface area contributed by atoms with E-state index in [9.17, 15) is 0 Å². The summed E-state index contributed by atoms with van der Waals surface area (Å²) in [6.45, 7) is 7.67. The molecule has 24 heavy (non-hydrogen) atoms. The summed E-state index contributed by atoms with van der Waals surface area (Å²) in [5, 5.41) is 0. The van der Waals surface area contributed by atoms with Gasteiger partial charge in [-0.15, -0.1) is 0 Å². The fraction of sp³-hybridized carbons (Fsp3) is 0.368. The van der Waals surface area contributed by atoms with Gasteiger partial charge in [0.2, 0.25) is 0 Å². The van der Waals surface area contributed by atoms with Gasteiger partial charge in [0, 0.05) is 0 Å². The van der Waals surface area contributed by atoms with Crippen LogP contribution in [-0.2, 0) is 29.1 Å². The SMILES string of the molecule is C[Si](C)(C)OCCC1C(C2=[C]([Zr+2])CC=C2)=Cc2ccccc21.[Cl-].[Cl-]. The molecule has 0 aromatic heterocycles. The maximum absolute atomic E-state index is 6.13. The van der Waals surface area contributed by atoms with E-state index in [4.69, 9.17) is 4.43 Å². The third-order valence-corrected chi connectivity index (χ3v) is 6.48. The third-order valence-electron chi connectivity index (χ3n) is 4.24. The Balaban J connectivity index is 0.00000144. The standard InChI is InChI=1S/C19H23OSi.2ClH.Zr/c1-21(2,3)20-13-12-18-17-11-7-6-10-16(17)14-19(18)15-8-4-5-9-15;;;/h4,6-8,10-11,14,18H,5,12-13H2,1-3H3;2*1H;/q;;;+2/p-2. The van der Waals surface area contributed by atoms with Crippen molar-refractivity contribution >= 4 is 14.4 Å². The van der Waals surface area contributed by atoms with Crippen molar-refractivity contribution in [2.75, 3.05) is 6.61 Å². The molecule has 0 amide bonds. The molecule has 1 unspecified atom stereocenters. The number of hydrogen-bond donors (Lipinski definition) is 0. The van der Waals surface area contributed by atoms with Crippen LogP contribution in [-0.4, -0.2) is 14.9 Å². The predicted octanol–water partition coefficient (Wildman–Crippen LogP) is -0.822. The molecule has 0 saturated heterocycles. The molecule has 1 atom stereocenters. The van der Waals surface area contributed by atoms with E-state index in [-0.39, 0.29) is 24.8 Å². The fourth-order valence-corrected chi connectivity index (χ4v) is 4.81. The second kappa shape index (κ2) is 9.14. The zero-order valence-corrected chi connectivity index (χ0v) is 19.4. The molecule has 2 aliphatic rings. The summed E-state index contributed by atoms with van der Waals surface area (Å²) in [5.74, 6) is 0.501. The van der Waals surface area contributed by atoms with Gasteiger partial charge < -0.3 is 24.8 Å². The molecule has 5 heteroatoms. The molecule has 127 valence electrons. The first-order valence-corrected chi connectivity index (χ1v) is 12.7. The molecule has 3 rings (SSSR count). The van der Waals surface area contributed by atoms with Crippen molar-refractivity contribution in [3.63, 3.8) is 0 Å². The van der Waals surface area contributed by atoms with Crippen molar-refractivity contribution in [2.24, 2.45) is 0 Å². The number of halogens is 2. The minimum atomic E-state index is -1.43. The Hall–Kier alpha value is 0.0800. The van der Waals surface area contributed by atoms with Gasteiger partial charge in [-0.05, 0) is 0 Å². The van der Waals surface area contributed by atoms with Crippen molar-refractivity contribution in [2.45, 2.75) is 38.4 Å². The smallest absolute Gasteiger partial charge is 1.00 e. The van der Waals surface area contributed by atoms with Crippen LogP contribution in [0.4, 0.5) is 0 Å². The van der Waals surface area contributed by atoms with Gasteiger partial charge in [-0.25, -0.2) is 0 Å². The molecule has 2 aliphatic carbocycles. The zero-order chi connectivity index (χ0) is 15.7. The average molecular weight is 458 g/mol. The molecule has 0 fully saturated rings. The first-order valence-electron chi connectivity index (χ1n) is 8.02. The van der Waals surface area contributed by atoms with Crippen LogP contribution in [0.2, 0.25) is 19.6 Å². The number of hydrogen-bond acceptors (Lipinski definition) is 1. The molecule has 0 spiro atoms. The van der Waals surface area contributed by atoms with E-state index in [0.717, 1.165) is 19.4 Å². The van der Waals surface area contributed by atoms with Crippen molar-refractivity contribution < 1.29 is 54.0 Å². The summed E-state index contributed by atoms with van der Waals surface area (Å²) in [4.78, 5) is 0. The Morgan fingerprint density at radius 1 is 1.17 bits per heavy atom. The van der Waals surface area contributed by atoms with E-state index < -0.39 is 8.32 Å². The number of allylic oxidation sites excluding steroid dienone is 5. The van der Waals surface area contributed by atoms with Crippen LogP contribution >= 0.6 is 0 Å². The molecule has 0 bridgehead atoms. The Bertz CT molecular complexity index is 674. The summed E-state index contributed by atoms with van der Waals surface area (Å²) >= 11 is 1.55. The quantitative estimate of drug-likeness (QED) is 0.525. The van der Waals surface area contributed by atoms with E-state index in [2.05, 4.69) is 62.1 Å². The zero-order valence-electron chi connectivity index (χ0n) is 14.4. The van der Waals surface area contributed by atoms with Crippen LogP contribution in [0.1, 0.15) is 29.9 Å². The maximum Gasteiger partial charge on any atom is -1.00 e. The monoisotopic (exact) mass is 455 g/mol. The summed E-state index contributed by atoms with van der Waals surface area (Å²) < 4.78 is 7.71. The molecule has 0 radical (unpaired) electrons. The Morgan fingerprint density at radius 3 is 2.50 bits per heavy atom. The van der Waals surface area contributed by atoms with Gasteiger partial charge in [0.1, 0.15) is 0 Å². The molecule has 0 aliphatic heterocycles. The first kappa shape index (κ1) is 22.1. The Labute approximate surface area is 174 Å². The summed E-state index contributed by atoms with van der Waals surface area (Å²) in [5.41, 5.74) is 5.88. The number of rotatable bonds is 5. The average Bonchev–Trinajstić information content (AvgIpc) is 3.01. The van der Waals surface area contributed by atoms with E-state index in [1.807, 2.05) is 0 Å². The maximum atomic E-state index is 6.13. The summed E-state index contributed by atoms with van der Waals surface area (Å²) in [6, 6.07) is 8.85. The summed E-state index contributed by atoms with van der Waals surface area (Å²) in [6.07, 6.45) is 9.27. The second-order valence-corrected chi connectivity index (χ2v) is 13.0. The Kier molecular flexibility index (Phi) is 8.43. The van der Waals surface area contributed by atoms with Crippen LogP contribution in [0.5, 0.6) is 0 Å². The van der Waals surface area contributed by atoms with Gasteiger partial charge in [0.05, 0.1) is 0 Å². The largest absolute Gasteiger partial charge is 1.00 e. The van der Waals surface area contributed by atoms with Gasteiger partial charge in [-0.1, -0.05) is 0 Å². The van der Waals surface area contributed by atoms with E-state index in [1.54, 1.807) is 28.0 Å². The normalized spacial score (nSPS) is 18.9. The van der Waals surface area contributed by atoms with Gasteiger partial charge in [-0.2, -0.15) is 0 Å². The number of benzene rings is 1. The van der Waals surface area contributed by atoms with Gasteiger partial charge in [0.15, 0.2) is 0 Å². The van der Waals surface area contributed by atoms with Gasteiger partial charge in [-0.3, -0.25) is 0 Å². The molecule has 1 nitrogen and oxygen atoms in total. The second-order valence-electron chi connectivity index (χ2n) is 7.03. The topological polar surface area (TPSA) is 9.23 Å². The van der Waals surface area contributed by atoms with Crippen molar-refractivity contribution in [1.29, 1.82) is 0 Å². The molecule has 1 aromatic carbocycles. The number of fused-ring (bicyclic) bond motifs is 1. The van der Waals surface area contributed by atoms with Crippen LogP contribution in [0.3, 0.4) is 0 Å². The molecule has 0 saturated carbocycles. The van der Waals surface area contributed by atoms with Crippen molar-refractivity contribution in [3.8, 4) is 0 Å². The molecule has 0 heterocycles. The molecular formula is C19H23Cl2OSiZr. The summed E-state index contributed by atoms with van der Waals surface area (Å²) in [7, 11) is -1.43. The molecule has 0 N–H and O–H groups in total. The molecular weight excluding hydrogens is 434 g/mol. The van der Waals surface area contributed by atoms with Crippen molar-refractivity contribution in [3.05, 3.63) is 62.0 Å². The predicted molar refractivity (Wildman–Crippen MR) is 91.9 cm³/mol. The van der Waals surface area contributed by atoms with Crippen LogP contribution in [0.15, 0.2) is 50.8 Å². The minimum Gasteiger partial charge on any atom is -1.00 e. The van der Waals surface area contributed by atoms with Crippen LogP contribution < -0.4 is 24.8 Å². The molecule has 1 aromatic rings. The van der Waals surface area contributed by atoms with Crippen LogP contribution in [0, 0.1) is 0 Å². The fourth-order valence-electron chi connectivity index (χ4n) is 3.23. The minimum absolute atomic E-state index is 0. The third kappa shape index (κ3) is 5.05. The van der Waals surface area contributed by atoms with E-state index in [0.29, 0.717) is 5.92 Å². The first-order chi connectivity index (χ1) is 10.5. The van der Waals surface area contributed by atoms with Crippen molar-refractivity contribution in [1.82, 2.24) is 0 Å². The Morgan fingerprint density at radius 2 is 1.88 bits per heavy atom.